The van der Waals surface area contributed by atoms with E-state index in [0.29, 0.717) is 16.5 Å². The van der Waals surface area contributed by atoms with Crippen molar-refractivity contribution in [1.82, 2.24) is 0 Å². The van der Waals surface area contributed by atoms with Gasteiger partial charge in [-0.3, -0.25) is 0 Å². The van der Waals surface area contributed by atoms with Gasteiger partial charge in [-0.15, -0.1) is 0 Å². The first-order chi connectivity index (χ1) is 7.65. The first kappa shape index (κ1) is 11.5. The molecule has 0 aliphatic heterocycles. The van der Waals surface area contributed by atoms with E-state index < -0.39 is 0 Å². The second kappa shape index (κ2) is 4.93. The molecule has 82 valence electrons. The number of halogens is 2. The molecule has 16 heavy (non-hydrogen) atoms. The Morgan fingerprint density at radius 3 is 2.38 bits per heavy atom. The zero-order valence-corrected chi connectivity index (χ0v) is 11.1. The summed E-state index contributed by atoms with van der Waals surface area (Å²) in [5.41, 5.74) is 0. The van der Waals surface area contributed by atoms with Crippen molar-refractivity contribution in [3.8, 4) is 17.2 Å². The van der Waals surface area contributed by atoms with Crippen molar-refractivity contribution in [2.24, 2.45) is 0 Å². The number of phenols is 1. The Morgan fingerprint density at radius 2 is 1.75 bits per heavy atom. The normalized spacial score (nSPS) is 10.1. The lowest BCUT2D eigenvalue weighted by Crippen LogP contribution is -1.84. The average molecular weight is 347 g/mol. The van der Waals surface area contributed by atoms with Gasteiger partial charge < -0.3 is 9.84 Å². The second-order valence-corrected chi connectivity index (χ2v) is 4.85. The van der Waals surface area contributed by atoms with Gasteiger partial charge in [0.05, 0.1) is 0 Å². The maximum atomic E-state index is 9.60. The summed E-state index contributed by atoms with van der Waals surface area (Å²) in [6.07, 6.45) is 0. The van der Waals surface area contributed by atoms with Crippen LogP contribution in [0.3, 0.4) is 0 Å². The summed E-state index contributed by atoms with van der Waals surface area (Å²) in [4.78, 5) is 0. The van der Waals surface area contributed by atoms with Gasteiger partial charge in [0.15, 0.2) is 11.5 Å². The van der Waals surface area contributed by atoms with Crippen LogP contribution in [-0.4, -0.2) is 5.11 Å². The van der Waals surface area contributed by atoms with Crippen LogP contribution in [-0.2, 0) is 0 Å². The summed E-state index contributed by atoms with van der Waals surface area (Å²) in [7, 11) is 0. The van der Waals surface area contributed by atoms with Gasteiger partial charge in [0.25, 0.3) is 0 Å². The lowest BCUT2D eigenvalue weighted by atomic mass is 10.3. The Balaban J connectivity index is 2.23. The summed E-state index contributed by atoms with van der Waals surface area (Å²) in [6, 6.07) is 12.3. The molecule has 0 amide bonds. The fourth-order valence-corrected chi connectivity index (χ4v) is 1.73. The summed E-state index contributed by atoms with van der Waals surface area (Å²) in [5, 5.41) is 10.1. The smallest absolute Gasteiger partial charge is 0.169 e. The van der Waals surface area contributed by atoms with Crippen LogP contribution in [0.1, 0.15) is 0 Å². The Morgan fingerprint density at radius 1 is 1.06 bits per heavy atom. The molecule has 0 aliphatic rings. The van der Waals surface area contributed by atoms with E-state index in [0.717, 1.165) is 3.57 Å². The Bertz CT molecular complexity index is 497. The van der Waals surface area contributed by atoms with Crippen molar-refractivity contribution < 1.29 is 9.84 Å². The number of ether oxygens (including phenoxy) is 1. The van der Waals surface area contributed by atoms with E-state index in [2.05, 4.69) is 22.6 Å². The molecule has 0 saturated carbocycles. The predicted octanol–water partition coefficient (Wildman–Crippen LogP) is 4.44. The summed E-state index contributed by atoms with van der Waals surface area (Å²) < 4.78 is 6.64. The summed E-state index contributed by atoms with van der Waals surface area (Å²) >= 11 is 7.94. The van der Waals surface area contributed by atoms with Crippen molar-refractivity contribution in [2.45, 2.75) is 0 Å². The summed E-state index contributed by atoms with van der Waals surface area (Å²) in [6.45, 7) is 0. The highest BCUT2D eigenvalue weighted by Crippen LogP contribution is 2.32. The minimum Gasteiger partial charge on any atom is -0.504 e. The molecule has 0 aliphatic carbocycles. The molecule has 0 aromatic heterocycles. The van der Waals surface area contributed by atoms with Gasteiger partial charge in [0.1, 0.15) is 5.75 Å². The van der Waals surface area contributed by atoms with Gasteiger partial charge in [0, 0.05) is 14.7 Å². The third-order valence-corrected chi connectivity index (χ3v) is 2.92. The molecule has 0 atom stereocenters. The largest absolute Gasteiger partial charge is 0.504 e. The average Bonchev–Trinajstić information content (AvgIpc) is 2.25. The first-order valence-electron chi connectivity index (χ1n) is 4.57. The molecule has 2 aromatic rings. The molecule has 2 rings (SSSR count). The predicted molar refractivity (Wildman–Crippen MR) is 72.3 cm³/mol. The summed E-state index contributed by atoms with van der Waals surface area (Å²) in [5.74, 6) is 1.11. The quantitative estimate of drug-likeness (QED) is 0.815. The van der Waals surface area contributed by atoms with Crippen LogP contribution in [0.4, 0.5) is 0 Å². The minimum atomic E-state index is 0.0334. The SMILES string of the molecule is Oc1cc(Cl)ccc1Oc1ccc(I)cc1. The highest BCUT2D eigenvalue weighted by atomic mass is 127. The van der Waals surface area contributed by atoms with Crippen molar-refractivity contribution in [3.05, 3.63) is 51.1 Å². The fourth-order valence-electron chi connectivity index (χ4n) is 1.21. The maximum Gasteiger partial charge on any atom is 0.169 e. The van der Waals surface area contributed by atoms with Crippen LogP contribution in [0.2, 0.25) is 5.02 Å². The van der Waals surface area contributed by atoms with Crippen molar-refractivity contribution in [1.29, 1.82) is 0 Å². The van der Waals surface area contributed by atoms with Crippen LogP contribution in [0.25, 0.3) is 0 Å². The highest BCUT2D eigenvalue weighted by molar-refractivity contribution is 14.1. The van der Waals surface area contributed by atoms with E-state index >= 15 is 0 Å². The lowest BCUT2D eigenvalue weighted by Gasteiger charge is -2.07. The lowest BCUT2D eigenvalue weighted by molar-refractivity contribution is 0.411. The van der Waals surface area contributed by atoms with Crippen LogP contribution in [0, 0.1) is 3.57 Å². The number of hydrogen-bond donors (Lipinski definition) is 1. The van der Waals surface area contributed by atoms with E-state index in [1.165, 1.54) is 6.07 Å². The molecule has 1 N–H and O–H groups in total. The van der Waals surface area contributed by atoms with Gasteiger partial charge in [-0.2, -0.15) is 0 Å². The van der Waals surface area contributed by atoms with E-state index in [-0.39, 0.29) is 5.75 Å². The molecular formula is C12H8ClIO2. The van der Waals surface area contributed by atoms with Crippen LogP contribution in [0.5, 0.6) is 17.2 Å². The number of benzene rings is 2. The third-order valence-electron chi connectivity index (χ3n) is 1.96. The first-order valence-corrected chi connectivity index (χ1v) is 6.03. The van der Waals surface area contributed by atoms with Crippen molar-refractivity contribution in [3.63, 3.8) is 0 Å². The molecule has 2 aromatic carbocycles. The van der Waals surface area contributed by atoms with Gasteiger partial charge >= 0.3 is 0 Å². The van der Waals surface area contributed by atoms with E-state index in [9.17, 15) is 5.11 Å². The molecule has 0 heterocycles. The molecular weight excluding hydrogens is 338 g/mol. The van der Waals surface area contributed by atoms with Crippen LogP contribution in [0.15, 0.2) is 42.5 Å². The van der Waals surface area contributed by atoms with E-state index in [1.54, 1.807) is 12.1 Å². The van der Waals surface area contributed by atoms with E-state index in [4.69, 9.17) is 16.3 Å². The Kier molecular flexibility index (Phi) is 3.56. The Labute approximate surface area is 112 Å². The monoisotopic (exact) mass is 346 g/mol. The number of aromatic hydroxyl groups is 1. The van der Waals surface area contributed by atoms with Crippen LogP contribution < -0.4 is 4.74 Å². The molecule has 0 radical (unpaired) electrons. The highest BCUT2D eigenvalue weighted by Gasteiger charge is 2.04. The molecule has 0 bridgehead atoms. The van der Waals surface area contributed by atoms with Gasteiger partial charge in [0.2, 0.25) is 0 Å². The zero-order chi connectivity index (χ0) is 11.5. The molecule has 0 saturated heterocycles. The molecule has 4 heteroatoms. The maximum absolute atomic E-state index is 9.60. The van der Waals surface area contributed by atoms with E-state index in [1.807, 2.05) is 24.3 Å². The minimum absolute atomic E-state index is 0.0334. The third kappa shape index (κ3) is 2.80. The molecule has 0 fully saturated rings. The van der Waals surface area contributed by atoms with Gasteiger partial charge in [-0.05, 0) is 59.0 Å². The molecule has 0 spiro atoms. The Hall–Kier alpha value is -0.940. The van der Waals surface area contributed by atoms with Crippen molar-refractivity contribution in [2.75, 3.05) is 0 Å². The number of rotatable bonds is 2. The zero-order valence-electron chi connectivity index (χ0n) is 8.15. The van der Waals surface area contributed by atoms with Crippen molar-refractivity contribution >= 4 is 34.2 Å². The topological polar surface area (TPSA) is 29.5 Å². The van der Waals surface area contributed by atoms with Gasteiger partial charge in [-0.25, -0.2) is 0 Å². The fraction of sp³-hybridized carbons (Fsp3) is 0. The van der Waals surface area contributed by atoms with Gasteiger partial charge in [-0.1, -0.05) is 11.6 Å². The number of hydrogen-bond acceptors (Lipinski definition) is 2. The molecule has 0 unspecified atom stereocenters. The number of phenolic OH excluding ortho intramolecular Hbond substituents is 1. The standard InChI is InChI=1S/C12H8ClIO2/c13-8-1-6-12(11(15)7-8)16-10-4-2-9(14)3-5-10/h1-7,15H. The second-order valence-electron chi connectivity index (χ2n) is 3.17. The molecule has 2 nitrogen and oxygen atoms in total. The van der Waals surface area contributed by atoms with Crippen LogP contribution >= 0.6 is 34.2 Å².